The summed E-state index contributed by atoms with van der Waals surface area (Å²) in [6.07, 6.45) is 0.747. The van der Waals surface area contributed by atoms with E-state index < -0.39 is 0 Å². The SMILES string of the molecule is COCCN1CN(C(=O)NCCc2c(C)[nH]c3ccccc23)CC1=O. The predicted octanol–water partition coefficient (Wildman–Crippen LogP) is 1.48. The minimum Gasteiger partial charge on any atom is -0.383 e. The van der Waals surface area contributed by atoms with Gasteiger partial charge in [0.1, 0.15) is 6.54 Å². The molecule has 3 amide bonds. The molecular weight excluding hydrogens is 320 g/mol. The molecule has 7 nitrogen and oxygen atoms in total. The van der Waals surface area contributed by atoms with E-state index in [1.807, 2.05) is 19.1 Å². The van der Waals surface area contributed by atoms with Crippen LogP contribution in [0.3, 0.4) is 0 Å². The van der Waals surface area contributed by atoms with E-state index in [0.717, 1.165) is 17.6 Å². The second kappa shape index (κ2) is 7.57. The van der Waals surface area contributed by atoms with Crippen LogP contribution in [0.2, 0.25) is 0 Å². The monoisotopic (exact) mass is 344 g/mol. The van der Waals surface area contributed by atoms with Crippen LogP contribution in [0.1, 0.15) is 11.3 Å². The van der Waals surface area contributed by atoms with E-state index in [4.69, 9.17) is 4.74 Å². The number of ether oxygens (including phenoxy) is 1. The average Bonchev–Trinajstić information content (AvgIpc) is 3.13. The summed E-state index contributed by atoms with van der Waals surface area (Å²) in [5.74, 6) is -0.0420. The lowest BCUT2D eigenvalue weighted by atomic mass is 10.1. The summed E-state index contributed by atoms with van der Waals surface area (Å²) in [6, 6.07) is 7.95. The number of hydrogen-bond donors (Lipinski definition) is 2. The van der Waals surface area contributed by atoms with E-state index in [1.54, 1.807) is 12.0 Å². The quantitative estimate of drug-likeness (QED) is 0.833. The standard InChI is InChI=1S/C18H24N4O3/c1-13-14(15-5-3-4-6-16(15)20-13)7-8-19-18(24)22-11-17(23)21(12-22)9-10-25-2/h3-6,20H,7-12H2,1-2H3,(H,19,24). The molecule has 0 unspecified atom stereocenters. The first-order valence-electron chi connectivity index (χ1n) is 8.46. The largest absolute Gasteiger partial charge is 0.383 e. The van der Waals surface area contributed by atoms with Crippen molar-refractivity contribution in [1.82, 2.24) is 20.1 Å². The fourth-order valence-corrected chi connectivity index (χ4v) is 3.19. The van der Waals surface area contributed by atoms with Gasteiger partial charge < -0.3 is 19.9 Å². The van der Waals surface area contributed by atoms with Gasteiger partial charge in [-0.05, 0) is 25.0 Å². The summed E-state index contributed by atoms with van der Waals surface area (Å²) in [7, 11) is 1.59. The van der Waals surface area contributed by atoms with Crippen LogP contribution >= 0.6 is 0 Å². The van der Waals surface area contributed by atoms with Crippen LogP contribution in [0.4, 0.5) is 4.79 Å². The van der Waals surface area contributed by atoms with Gasteiger partial charge in [-0.2, -0.15) is 0 Å². The Morgan fingerprint density at radius 2 is 2.16 bits per heavy atom. The molecule has 1 aliphatic heterocycles. The minimum atomic E-state index is -0.203. The molecule has 1 saturated heterocycles. The van der Waals surface area contributed by atoms with Crippen molar-refractivity contribution in [3.05, 3.63) is 35.5 Å². The number of methoxy groups -OCH3 is 1. The van der Waals surface area contributed by atoms with Gasteiger partial charge in [0, 0.05) is 36.8 Å². The molecule has 2 aromatic rings. The van der Waals surface area contributed by atoms with Crippen LogP contribution in [-0.4, -0.2) is 66.7 Å². The zero-order chi connectivity index (χ0) is 17.8. The number of aryl methyl sites for hydroxylation is 1. The third-order valence-electron chi connectivity index (χ3n) is 4.55. The minimum absolute atomic E-state index is 0.0420. The normalized spacial score (nSPS) is 14.6. The van der Waals surface area contributed by atoms with E-state index in [2.05, 4.69) is 22.4 Å². The molecule has 0 aliphatic carbocycles. The molecule has 1 aromatic heterocycles. The third-order valence-corrected chi connectivity index (χ3v) is 4.55. The van der Waals surface area contributed by atoms with Crippen LogP contribution in [0.25, 0.3) is 10.9 Å². The molecule has 7 heteroatoms. The number of aromatic amines is 1. The predicted molar refractivity (Wildman–Crippen MR) is 95.3 cm³/mol. The number of carbonyl (C=O) groups excluding carboxylic acids is 2. The highest BCUT2D eigenvalue weighted by Crippen LogP contribution is 2.21. The molecule has 134 valence electrons. The molecule has 25 heavy (non-hydrogen) atoms. The molecule has 3 rings (SSSR count). The molecule has 0 bridgehead atoms. The van der Waals surface area contributed by atoms with Gasteiger partial charge in [0.2, 0.25) is 5.91 Å². The fraction of sp³-hybridized carbons (Fsp3) is 0.444. The lowest BCUT2D eigenvalue weighted by Crippen LogP contribution is -2.40. The summed E-state index contributed by atoms with van der Waals surface area (Å²) in [5.41, 5.74) is 3.45. The van der Waals surface area contributed by atoms with E-state index in [-0.39, 0.29) is 18.5 Å². The molecule has 0 atom stereocenters. The van der Waals surface area contributed by atoms with Gasteiger partial charge in [0.25, 0.3) is 0 Å². The number of aromatic nitrogens is 1. The van der Waals surface area contributed by atoms with E-state index in [1.165, 1.54) is 15.8 Å². The highest BCUT2D eigenvalue weighted by atomic mass is 16.5. The molecule has 1 aliphatic rings. The molecule has 0 saturated carbocycles. The Balaban J connectivity index is 1.53. The van der Waals surface area contributed by atoms with Crippen LogP contribution in [0.15, 0.2) is 24.3 Å². The Hall–Kier alpha value is -2.54. The number of fused-ring (bicyclic) bond motifs is 1. The maximum atomic E-state index is 12.3. The number of nitrogens with one attached hydrogen (secondary N) is 2. The van der Waals surface area contributed by atoms with Gasteiger partial charge in [-0.25, -0.2) is 4.79 Å². The second-order valence-electron chi connectivity index (χ2n) is 6.25. The van der Waals surface area contributed by atoms with E-state index in [0.29, 0.717) is 26.4 Å². The zero-order valence-corrected chi connectivity index (χ0v) is 14.7. The van der Waals surface area contributed by atoms with Crippen molar-refractivity contribution in [3.63, 3.8) is 0 Å². The smallest absolute Gasteiger partial charge is 0.319 e. The Bertz CT molecular complexity index is 771. The molecule has 1 fully saturated rings. The maximum absolute atomic E-state index is 12.3. The van der Waals surface area contributed by atoms with E-state index >= 15 is 0 Å². The highest BCUT2D eigenvalue weighted by Gasteiger charge is 2.30. The molecule has 2 N–H and O–H groups in total. The first-order chi connectivity index (χ1) is 12.1. The van der Waals surface area contributed by atoms with Gasteiger partial charge in [-0.1, -0.05) is 18.2 Å². The number of nitrogens with zero attached hydrogens (tertiary/aromatic N) is 2. The maximum Gasteiger partial charge on any atom is 0.319 e. The number of amides is 3. The zero-order valence-electron chi connectivity index (χ0n) is 14.7. The number of para-hydroxylation sites is 1. The Kier molecular flexibility index (Phi) is 5.23. The second-order valence-corrected chi connectivity index (χ2v) is 6.25. The van der Waals surface area contributed by atoms with Crippen LogP contribution in [0, 0.1) is 6.92 Å². The number of carbonyl (C=O) groups is 2. The molecule has 1 aromatic carbocycles. The van der Waals surface area contributed by atoms with Crippen LogP contribution in [0.5, 0.6) is 0 Å². The van der Waals surface area contributed by atoms with Gasteiger partial charge >= 0.3 is 6.03 Å². The summed E-state index contributed by atoms with van der Waals surface area (Å²) >= 11 is 0. The molecule has 0 radical (unpaired) electrons. The van der Waals surface area contributed by atoms with Gasteiger partial charge in [-0.15, -0.1) is 0 Å². The molecular formula is C18H24N4O3. The number of rotatable bonds is 6. The lowest BCUT2D eigenvalue weighted by Gasteiger charge is -2.18. The molecule has 0 spiro atoms. The Labute approximate surface area is 146 Å². The number of hydrogen-bond acceptors (Lipinski definition) is 3. The van der Waals surface area contributed by atoms with Crippen molar-refractivity contribution in [2.24, 2.45) is 0 Å². The Morgan fingerprint density at radius 1 is 1.36 bits per heavy atom. The van der Waals surface area contributed by atoms with Crippen molar-refractivity contribution in [3.8, 4) is 0 Å². The van der Waals surface area contributed by atoms with Crippen LogP contribution in [-0.2, 0) is 16.0 Å². The Morgan fingerprint density at radius 3 is 2.96 bits per heavy atom. The fourth-order valence-electron chi connectivity index (χ4n) is 3.19. The molecule has 2 heterocycles. The van der Waals surface area contributed by atoms with Crippen molar-refractivity contribution in [2.75, 3.05) is 40.0 Å². The lowest BCUT2D eigenvalue weighted by molar-refractivity contribution is -0.127. The third kappa shape index (κ3) is 3.76. The average molecular weight is 344 g/mol. The summed E-state index contributed by atoms with van der Waals surface area (Å²) in [5, 5.41) is 4.11. The number of benzene rings is 1. The van der Waals surface area contributed by atoms with Crippen molar-refractivity contribution in [1.29, 1.82) is 0 Å². The highest BCUT2D eigenvalue weighted by molar-refractivity contribution is 5.87. The number of urea groups is 1. The topological polar surface area (TPSA) is 77.7 Å². The van der Waals surface area contributed by atoms with Gasteiger partial charge in [0.15, 0.2) is 0 Å². The van der Waals surface area contributed by atoms with Crippen LogP contribution < -0.4 is 5.32 Å². The van der Waals surface area contributed by atoms with Gasteiger partial charge in [-0.3, -0.25) is 9.69 Å². The summed E-state index contributed by atoms with van der Waals surface area (Å²) < 4.78 is 4.98. The number of H-pyrrole nitrogens is 1. The first kappa shape index (κ1) is 17.3. The first-order valence-corrected chi connectivity index (χ1v) is 8.46. The van der Waals surface area contributed by atoms with E-state index in [9.17, 15) is 9.59 Å². The summed E-state index contributed by atoms with van der Waals surface area (Å²) in [6.45, 7) is 4.00. The van der Waals surface area contributed by atoms with Crippen molar-refractivity contribution in [2.45, 2.75) is 13.3 Å². The van der Waals surface area contributed by atoms with Gasteiger partial charge in [0.05, 0.1) is 13.3 Å². The van der Waals surface area contributed by atoms with Crippen molar-refractivity contribution < 1.29 is 14.3 Å². The van der Waals surface area contributed by atoms with Crippen molar-refractivity contribution >= 4 is 22.8 Å². The summed E-state index contributed by atoms with van der Waals surface area (Å²) in [4.78, 5) is 30.7.